The maximum atomic E-state index is 11.8. The molecule has 2 aliphatic rings. The van der Waals surface area contributed by atoms with Gasteiger partial charge in [0.2, 0.25) is 18.3 Å². The van der Waals surface area contributed by atoms with Crippen LogP contribution in [0, 0.1) is 0 Å². The smallest absolute Gasteiger partial charge is 0.356 e. The number of nitrogens with zero attached hydrogens (tertiary/aromatic N) is 2. The minimum Gasteiger partial charge on any atom is -0.492 e. The SMILES string of the molecule is CCOC(=O)C1=NOC(Cc2c(/C=N\O)c(OC)c3c(c2OC)OCO3)C1. The Kier molecular flexibility index (Phi) is 5.53. The van der Waals surface area contributed by atoms with Crippen molar-refractivity contribution in [3.63, 3.8) is 0 Å². The van der Waals surface area contributed by atoms with E-state index < -0.39 is 12.1 Å². The summed E-state index contributed by atoms with van der Waals surface area (Å²) in [6.07, 6.45) is 1.35. The van der Waals surface area contributed by atoms with Gasteiger partial charge in [-0.3, -0.25) is 0 Å². The van der Waals surface area contributed by atoms with Crippen LogP contribution in [0.3, 0.4) is 0 Å². The molecule has 0 amide bonds. The number of hydrogen-bond acceptors (Lipinski definition) is 10. The van der Waals surface area contributed by atoms with Crippen molar-refractivity contribution >= 4 is 17.9 Å². The van der Waals surface area contributed by atoms with E-state index in [1.54, 1.807) is 6.92 Å². The topological polar surface area (TPSA) is 117 Å². The van der Waals surface area contributed by atoms with E-state index in [1.165, 1.54) is 20.4 Å². The van der Waals surface area contributed by atoms with Crippen LogP contribution >= 0.6 is 0 Å². The normalized spacial score (nSPS) is 17.6. The van der Waals surface area contributed by atoms with Gasteiger partial charge in [-0.1, -0.05) is 10.3 Å². The minimum atomic E-state index is -0.507. The number of benzene rings is 1. The molecule has 0 aromatic heterocycles. The molecule has 1 unspecified atom stereocenters. The summed E-state index contributed by atoms with van der Waals surface area (Å²) >= 11 is 0. The molecule has 0 aliphatic carbocycles. The van der Waals surface area contributed by atoms with E-state index in [4.69, 9.17) is 33.7 Å². The van der Waals surface area contributed by atoms with Gasteiger partial charge >= 0.3 is 5.97 Å². The standard InChI is InChI=1S/C17H20N2O8/c1-4-24-17(20)12-6-9(27-19-12)5-10-11(7-18-21)14(23-3)16-15(13(10)22-2)25-8-26-16/h7,9,21H,4-6,8H2,1-3H3/b18-7-. The molecule has 0 saturated heterocycles. The van der Waals surface area contributed by atoms with Crippen LogP contribution in [-0.4, -0.2) is 56.8 Å². The van der Waals surface area contributed by atoms with Gasteiger partial charge in [0.1, 0.15) is 6.10 Å². The minimum absolute atomic E-state index is 0.0112. The number of carbonyl (C=O) groups excluding carboxylic acids is 1. The van der Waals surface area contributed by atoms with Gasteiger partial charge in [0.05, 0.1) is 27.0 Å². The van der Waals surface area contributed by atoms with Crippen molar-refractivity contribution in [2.45, 2.75) is 25.9 Å². The fraction of sp³-hybridized carbons (Fsp3) is 0.471. The molecule has 0 spiro atoms. The summed E-state index contributed by atoms with van der Waals surface area (Å²) in [6, 6.07) is 0. The number of methoxy groups -OCH3 is 2. The van der Waals surface area contributed by atoms with E-state index in [0.717, 1.165) is 0 Å². The lowest BCUT2D eigenvalue weighted by Gasteiger charge is -2.19. The summed E-state index contributed by atoms with van der Waals surface area (Å²) < 4.78 is 26.9. The molecular weight excluding hydrogens is 360 g/mol. The molecule has 0 fully saturated rings. The lowest BCUT2D eigenvalue weighted by molar-refractivity contribution is -0.135. The van der Waals surface area contributed by atoms with Gasteiger partial charge in [-0.15, -0.1) is 0 Å². The van der Waals surface area contributed by atoms with Crippen molar-refractivity contribution in [3.05, 3.63) is 11.1 Å². The molecule has 1 aromatic carbocycles. The maximum absolute atomic E-state index is 11.8. The fourth-order valence-corrected chi connectivity index (χ4v) is 3.05. The second-order valence-electron chi connectivity index (χ2n) is 5.66. The molecule has 0 radical (unpaired) electrons. The van der Waals surface area contributed by atoms with Gasteiger partial charge in [0.25, 0.3) is 0 Å². The first-order valence-electron chi connectivity index (χ1n) is 8.28. The third-order valence-electron chi connectivity index (χ3n) is 4.14. The summed E-state index contributed by atoms with van der Waals surface area (Å²) in [4.78, 5) is 17.2. The number of ether oxygens (including phenoxy) is 5. The fourth-order valence-electron chi connectivity index (χ4n) is 3.05. The largest absolute Gasteiger partial charge is 0.492 e. The number of rotatable bonds is 7. The van der Waals surface area contributed by atoms with E-state index in [9.17, 15) is 4.79 Å². The number of fused-ring (bicyclic) bond motifs is 1. The Morgan fingerprint density at radius 2 is 2.00 bits per heavy atom. The van der Waals surface area contributed by atoms with Crippen molar-refractivity contribution in [2.75, 3.05) is 27.6 Å². The molecule has 0 saturated carbocycles. The van der Waals surface area contributed by atoms with Gasteiger partial charge in [0, 0.05) is 24.0 Å². The predicted molar refractivity (Wildman–Crippen MR) is 92.3 cm³/mol. The highest BCUT2D eigenvalue weighted by molar-refractivity contribution is 6.36. The monoisotopic (exact) mass is 380 g/mol. The zero-order valence-electron chi connectivity index (χ0n) is 15.2. The molecule has 1 atom stereocenters. The van der Waals surface area contributed by atoms with Gasteiger partial charge in [-0.25, -0.2) is 4.79 Å². The molecule has 1 aromatic rings. The summed E-state index contributed by atoms with van der Waals surface area (Å²) in [5, 5.41) is 16.0. The zero-order valence-corrected chi connectivity index (χ0v) is 15.2. The Morgan fingerprint density at radius 1 is 1.30 bits per heavy atom. The van der Waals surface area contributed by atoms with Crippen LogP contribution < -0.4 is 18.9 Å². The first-order valence-corrected chi connectivity index (χ1v) is 8.28. The van der Waals surface area contributed by atoms with E-state index in [1.807, 2.05) is 0 Å². The first kappa shape index (κ1) is 18.6. The summed E-state index contributed by atoms with van der Waals surface area (Å²) in [5.41, 5.74) is 1.28. The highest BCUT2D eigenvalue weighted by Crippen LogP contribution is 2.52. The van der Waals surface area contributed by atoms with Gasteiger partial charge in [-0.2, -0.15) is 0 Å². The number of esters is 1. The molecule has 1 N–H and O–H groups in total. The van der Waals surface area contributed by atoms with Crippen LogP contribution in [-0.2, 0) is 20.8 Å². The van der Waals surface area contributed by atoms with Crippen molar-refractivity contribution in [1.29, 1.82) is 0 Å². The first-order chi connectivity index (χ1) is 13.1. The second kappa shape index (κ2) is 8.02. The number of hydrogen-bond donors (Lipinski definition) is 1. The summed E-state index contributed by atoms with van der Waals surface area (Å²) in [6.45, 7) is 1.99. The molecule has 2 heterocycles. The Morgan fingerprint density at radius 3 is 2.63 bits per heavy atom. The van der Waals surface area contributed by atoms with Crippen molar-refractivity contribution in [3.8, 4) is 23.0 Å². The maximum Gasteiger partial charge on any atom is 0.356 e. The lowest BCUT2D eigenvalue weighted by Crippen LogP contribution is -2.20. The van der Waals surface area contributed by atoms with Crippen molar-refractivity contribution in [2.24, 2.45) is 10.3 Å². The van der Waals surface area contributed by atoms with E-state index in [-0.39, 0.29) is 25.5 Å². The molecule has 0 bridgehead atoms. The summed E-state index contributed by atoms with van der Waals surface area (Å²) in [5.74, 6) is 1.01. The average molecular weight is 380 g/mol. The lowest BCUT2D eigenvalue weighted by atomic mass is 9.96. The van der Waals surface area contributed by atoms with E-state index >= 15 is 0 Å². The van der Waals surface area contributed by atoms with Crippen LogP contribution in [0.25, 0.3) is 0 Å². The van der Waals surface area contributed by atoms with Gasteiger partial charge in [0.15, 0.2) is 17.2 Å². The van der Waals surface area contributed by atoms with Crippen LogP contribution in [0.1, 0.15) is 24.5 Å². The Labute approximate surface area is 155 Å². The predicted octanol–water partition coefficient (Wildman–Crippen LogP) is 1.49. The molecule has 3 rings (SSSR count). The summed E-state index contributed by atoms with van der Waals surface area (Å²) in [7, 11) is 2.96. The number of oxime groups is 2. The third kappa shape index (κ3) is 3.42. The van der Waals surface area contributed by atoms with Crippen molar-refractivity contribution < 1.29 is 38.5 Å². The highest BCUT2D eigenvalue weighted by Gasteiger charge is 2.34. The number of carbonyl (C=O) groups is 1. The van der Waals surface area contributed by atoms with Crippen LogP contribution in [0.4, 0.5) is 0 Å². The average Bonchev–Trinajstić information content (AvgIpc) is 3.32. The van der Waals surface area contributed by atoms with Crippen LogP contribution in [0.15, 0.2) is 10.3 Å². The third-order valence-corrected chi connectivity index (χ3v) is 4.14. The van der Waals surface area contributed by atoms with Crippen LogP contribution in [0.5, 0.6) is 23.0 Å². The molecule has 10 heteroatoms. The molecule has 10 nitrogen and oxygen atoms in total. The zero-order chi connectivity index (χ0) is 19.4. The highest BCUT2D eigenvalue weighted by atomic mass is 16.7. The quantitative estimate of drug-likeness (QED) is 0.327. The Bertz CT molecular complexity index is 790. The van der Waals surface area contributed by atoms with E-state index in [0.29, 0.717) is 40.5 Å². The van der Waals surface area contributed by atoms with Crippen LogP contribution in [0.2, 0.25) is 0 Å². The van der Waals surface area contributed by atoms with E-state index in [2.05, 4.69) is 10.3 Å². The molecule has 146 valence electrons. The van der Waals surface area contributed by atoms with Gasteiger partial charge in [-0.05, 0) is 6.92 Å². The van der Waals surface area contributed by atoms with Crippen molar-refractivity contribution in [1.82, 2.24) is 0 Å². The molecule has 2 aliphatic heterocycles. The Balaban J connectivity index is 1.94. The molecular formula is C17H20N2O8. The Hall–Kier alpha value is -3.17. The van der Waals surface area contributed by atoms with Gasteiger partial charge < -0.3 is 33.7 Å². The molecule has 27 heavy (non-hydrogen) atoms. The second-order valence-corrected chi connectivity index (χ2v) is 5.66.